The molecule has 4 heteroatoms. The number of nitrogens with one attached hydrogen (secondary N) is 1. The first-order chi connectivity index (χ1) is 9.22. The average Bonchev–Trinajstić information content (AvgIpc) is 2.46. The number of carbonyl (C=O) groups is 1. The van der Waals surface area contributed by atoms with Crippen LogP contribution in [0.3, 0.4) is 0 Å². The number of pyridine rings is 1. The Morgan fingerprint density at radius 1 is 1.21 bits per heavy atom. The summed E-state index contributed by atoms with van der Waals surface area (Å²) < 4.78 is 0. The molecule has 1 heterocycles. The molecule has 0 unspecified atom stereocenters. The van der Waals surface area contributed by atoms with E-state index >= 15 is 0 Å². The number of carbonyl (C=O) groups excluding carboxylic acids is 1. The molecule has 0 atom stereocenters. The van der Waals surface area contributed by atoms with Gasteiger partial charge in [0, 0.05) is 42.3 Å². The molecule has 96 valence electrons. The molecule has 1 aromatic carbocycles. The van der Waals surface area contributed by atoms with Gasteiger partial charge in [-0.15, -0.1) is 0 Å². The lowest BCUT2D eigenvalue weighted by Crippen LogP contribution is -2.08. The Kier molecular flexibility index (Phi) is 3.93. The van der Waals surface area contributed by atoms with Gasteiger partial charge in [0.1, 0.15) is 5.75 Å². The van der Waals surface area contributed by atoms with Crippen molar-refractivity contribution in [1.29, 1.82) is 0 Å². The topological polar surface area (TPSA) is 62.2 Å². The summed E-state index contributed by atoms with van der Waals surface area (Å²) in [4.78, 5) is 15.9. The van der Waals surface area contributed by atoms with Gasteiger partial charge in [-0.1, -0.05) is 12.1 Å². The fourth-order valence-electron chi connectivity index (χ4n) is 1.72. The van der Waals surface area contributed by atoms with Crippen molar-refractivity contribution < 1.29 is 9.90 Å². The van der Waals surface area contributed by atoms with E-state index in [4.69, 9.17) is 0 Å². The largest absolute Gasteiger partial charge is 0.507 e. The number of benzene rings is 1. The molecular weight excluding hydrogens is 240 g/mol. The lowest BCUT2D eigenvalue weighted by atomic mass is 10.1. The highest BCUT2D eigenvalue weighted by atomic mass is 16.3. The van der Waals surface area contributed by atoms with E-state index in [-0.39, 0.29) is 11.5 Å². The monoisotopic (exact) mass is 254 g/mol. The van der Waals surface area contributed by atoms with Crippen molar-refractivity contribution in [2.24, 2.45) is 0 Å². The van der Waals surface area contributed by atoms with Crippen LogP contribution in [-0.4, -0.2) is 22.9 Å². The van der Waals surface area contributed by atoms with Gasteiger partial charge >= 0.3 is 0 Å². The summed E-state index contributed by atoms with van der Waals surface area (Å²) in [5, 5.41) is 12.7. The summed E-state index contributed by atoms with van der Waals surface area (Å²) in [6.45, 7) is 0. The number of rotatable bonds is 4. The third-order valence-electron chi connectivity index (χ3n) is 2.70. The van der Waals surface area contributed by atoms with Crippen molar-refractivity contribution in [3.05, 3.63) is 66.0 Å². The third-order valence-corrected chi connectivity index (χ3v) is 2.70. The normalized spacial score (nSPS) is 11.1. The number of aromatic hydroxyl groups is 1. The van der Waals surface area contributed by atoms with Crippen LogP contribution in [0, 0.1) is 0 Å². The van der Waals surface area contributed by atoms with E-state index < -0.39 is 0 Å². The summed E-state index contributed by atoms with van der Waals surface area (Å²) >= 11 is 0. The van der Waals surface area contributed by atoms with Crippen LogP contribution >= 0.6 is 0 Å². The average molecular weight is 254 g/mol. The van der Waals surface area contributed by atoms with Gasteiger partial charge in [0.15, 0.2) is 5.78 Å². The second-order valence-electron chi connectivity index (χ2n) is 3.93. The zero-order chi connectivity index (χ0) is 13.7. The molecule has 0 saturated heterocycles. The van der Waals surface area contributed by atoms with Crippen LogP contribution in [-0.2, 0) is 0 Å². The van der Waals surface area contributed by atoms with Crippen LogP contribution < -0.4 is 5.32 Å². The number of nitrogens with zero attached hydrogens (tertiary/aromatic N) is 1. The molecular formula is C15H14N2O2. The molecule has 19 heavy (non-hydrogen) atoms. The Hall–Kier alpha value is -2.62. The Morgan fingerprint density at radius 3 is 2.53 bits per heavy atom. The molecule has 0 spiro atoms. The molecule has 0 aliphatic heterocycles. The highest BCUT2D eigenvalue weighted by molar-refractivity contribution is 6.08. The first-order valence-corrected chi connectivity index (χ1v) is 5.84. The molecule has 0 amide bonds. The Balaban J connectivity index is 2.35. The molecule has 2 rings (SSSR count). The summed E-state index contributed by atoms with van der Waals surface area (Å²) in [5.74, 6) is -0.0133. The van der Waals surface area contributed by atoms with Crippen LogP contribution in [0.5, 0.6) is 5.75 Å². The minimum Gasteiger partial charge on any atom is -0.507 e. The summed E-state index contributed by atoms with van der Waals surface area (Å²) in [6.07, 6.45) is 4.60. The molecule has 4 nitrogen and oxygen atoms in total. The van der Waals surface area contributed by atoms with Crippen LogP contribution in [0.4, 0.5) is 0 Å². The quantitative estimate of drug-likeness (QED) is 0.648. The highest BCUT2D eigenvalue weighted by Crippen LogP contribution is 2.22. The minimum absolute atomic E-state index is 0.130. The number of phenolic OH excluding ortho intramolecular Hbond substituents is 1. The van der Waals surface area contributed by atoms with E-state index in [1.54, 1.807) is 55.8 Å². The van der Waals surface area contributed by atoms with Gasteiger partial charge in [-0.05, 0) is 24.3 Å². The maximum Gasteiger partial charge on any atom is 0.188 e. The van der Waals surface area contributed by atoms with Gasteiger partial charge in [-0.25, -0.2) is 0 Å². The Labute approximate surface area is 111 Å². The van der Waals surface area contributed by atoms with E-state index in [0.29, 0.717) is 16.8 Å². The van der Waals surface area contributed by atoms with Crippen molar-refractivity contribution in [2.75, 3.05) is 7.05 Å². The van der Waals surface area contributed by atoms with Crippen LogP contribution in [0.1, 0.15) is 15.9 Å². The Bertz CT molecular complexity index is 607. The first kappa shape index (κ1) is 12.8. The number of allylic oxidation sites excluding steroid dienone is 1. The molecule has 2 aromatic rings. The van der Waals surface area contributed by atoms with Crippen molar-refractivity contribution >= 4 is 11.5 Å². The smallest absolute Gasteiger partial charge is 0.188 e. The molecule has 0 fully saturated rings. The SMILES string of the molecule is CN/C(=C\C(=O)c1ccncc1)c1ccccc1O. The van der Waals surface area contributed by atoms with E-state index in [1.807, 2.05) is 0 Å². The van der Waals surface area contributed by atoms with Gasteiger partial charge in [0.25, 0.3) is 0 Å². The standard InChI is InChI=1S/C15H14N2O2/c1-16-13(12-4-2-3-5-14(12)18)10-15(19)11-6-8-17-9-7-11/h2-10,16,18H,1H3/b13-10-. The predicted molar refractivity (Wildman–Crippen MR) is 73.7 cm³/mol. The predicted octanol–water partition coefficient (Wildman–Crippen LogP) is 2.23. The van der Waals surface area contributed by atoms with E-state index in [9.17, 15) is 9.90 Å². The van der Waals surface area contributed by atoms with E-state index in [2.05, 4.69) is 10.3 Å². The van der Waals surface area contributed by atoms with Gasteiger partial charge in [0.2, 0.25) is 0 Å². The van der Waals surface area contributed by atoms with E-state index in [0.717, 1.165) is 0 Å². The molecule has 0 bridgehead atoms. The van der Waals surface area contributed by atoms with Crippen molar-refractivity contribution in [2.45, 2.75) is 0 Å². The number of para-hydroxylation sites is 1. The summed E-state index contributed by atoms with van der Waals surface area (Å²) in [5.41, 5.74) is 1.71. The molecule has 0 saturated carbocycles. The van der Waals surface area contributed by atoms with E-state index in [1.165, 1.54) is 6.08 Å². The fourth-order valence-corrected chi connectivity index (χ4v) is 1.72. The molecule has 0 aliphatic rings. The minimum atomic E-state index is -0.144. The maximum atomic E-state index is 12.1. The molecule has 2 N–H and O–H groups in total. The lowest BCUT2D eigenvalue weighted by Gasteiger charge is -2.08. The lowest BCUT2D eigenvalue weighted by molar-refractivity contribution is 0.104. The third kappa shape index (κ3) is 2.98. The number of ketones is 1. The first-order valence-electron chi connectivity index (χ1n) is 5.84. The van der Waals surface area contributed by atoms with Gasteiger partial charge < -0.3 is 10.4 Å². The van der Waals surface area contributed by atoms with Gasteiger partial charge in [-0.3, -0.25) is 9.78 Å². The van der Waals surface area contributed by atoms with Crippen molar-refractivity contribution in [3.63, 3.8) is 0 Å². The van der Waals surface area contributed by atoms with Crippen molar-refractivity contribution in [1.82, 2.24) is 10.3 Å². The number of hydrogen-bond acceptors (Lipinski definition) is 4. The Morgan fingerprint density at radius 2 is 1.89 bits per heavy atom. The number of hydrogen-bond donors (Lipinski definition) is 2. The zero-order valence-corrected chi connectivity index (χ0v) is 10.5. The van der Waals surface area contributed by atoms with Gasteiger partial charge in [-0.2, -0.15) is 0 Å². The maximum absolute atomic E-state index is 12.1. The highest BCUT2D eigenvalue weighted by Gasteiger charge is 2.08. The van der Waals surface area contributed by atoms with Gasteiger partial charge in [0.05, 0.1) is 0 Å². The molecule has 1 aromatic heterocycles. The second-order valence-corrected chi connectivity index (χ2v) is 3.93. The fraction of sp³-hybridized carbons (Fsp3) is 0.0667. The summed E-state index contributed by atoms with van der Waals surface area (Å²) in [6, 6.07) is 10.2. The zero-order valence-electron chi connectivity index (χ0n) is 10.5. The van der Waals surface area contributed by atoms with Crippen LogP contribution in [0.25, 0.3) is 5.70 Å². The molecule has 0 aliphatic carbocycles. The van der Waals surface area contributed by atoms with Crippen LogP contribution in [0.15, 0.2) is 54.9 Å². The second kappa shape index (κ2) is 5.82. The molecule has 0 radical (unpaired) electrons. The number of phenols is 1. The number of aromatic nitrogens is 1. The van der Waals surface area contributed by atoms with Crippen LogP contribution in [0.2, 0.25) is 0 Å². The van der Waals surface area contributed by atoms with Crippen molar-refractivity contribution in [3.8, 4) is 5.75 Å². The summed E-state index contributed by atoms with van der Waals surface area (Å²) in [7, 11) is 1.71.